The van der Waals surface area contributed by atoms with Gasteiger partial charge in [-0.3, -0.25) is 0 Å². The number of nitrogens with zero attached hydrogens (tertiary/aromatic N) is 1. The molecule has 86 valence electrons. The number of rotatable bonds is 2. The molecular formula is C9H4F5NO. The zero-order chi connectivity index (χ0) is 12.5. The average Bonchev–Trinajstić information content (AvgIpc) is 2.24. The Bertz CT molecular complexity index is 439. The molecule has 0 heterocycles. The number of benzene rings is 1. The third-order valence-electron chi connectivity index (χ3n) is 1.86. The Kier molecular flexibility index (Phi) is 3.44. The maximum atomic E-state index is 13.0. The molecule has 0 aliphatic heterocycles. The van der Waals surface area contributed by atoms with Crippen LogP contribution in [0.4, 0.5) is 22.0 Å². The molecule has 0 fully saturated rings. The lowest BCUT2D eigenvalue weighted by atomic mass is 10.0. The molecule has 16 heavy (non-hydrogen) atoms. The fraction of sp³-hybridized carbons (Fsp3) is 0.222. The number of hydrogen-bond acceptors (Lipinski definition) is 2. The van der Waals surface area contributed by atoms with Crippen molar-refractivity contribution in [3.05, 3.63) is 34.6 Å². The number of hydrogen-bond donors (Lipinski definition) is 1. The van der Waals surface area contributed by atoms with Gasteiger partial charge in [0.1, 0.15) is 0 Å². The SMILES string of the molecule is N#CCC(O)c1c(F)c(F)c(F)c(F)c1F. The molecular weight excluding hydrogens is 233 g/mol. The molecule has 7 heteroatoms. The molecule has 1 aromatic carbocycles. The van der Waals surface area contributed by atoms with Crippen molar-refractivity contribution in [1.29, 1.82) is 5.26 Å². The van der Waals surface area contributed by atoms with Gasteiger partial charge in [0.15, 0.2) is 23.3 Å². The van der Waals surface area contributed by atoms with Gasteiger partial charge in [0, 0.05) is 0 Å². The van der Waals surface area contributed by atoms with E-state index in [0.29, 0.717) is 0 Å². The maximum absolute atomic E-state index is 13.0. The zero-order valence-electron chi connectivity index (χ0n) is 7.57. The average molecular weight is 237 g/mol. The fourth-order valence-corrected chi connectivity index (χ4v) is 1.10. The van der Waals surface area contributed by atoms with Crippen LogP contribution in [0.25, 0.3) is 0 Å². The minimum Gasteiger partial charge on any atom is -0.387 e. The van der Waals surface area contributed by atoms with Gasteiger partial charge < -0.3 is 5.11 Å². The van der Waals surface area contributed by atoms with E-state index < -0.39 is 47.2 Å². The fourth-order valence-electron chi connectivity index (χ4n) is 1.10. The minimum absolute atomic E-state index is 0.779. The van der Waals surface area contributed by atoms with E-state index >= 15 is 0 Å². The molecule has 0 saturated heterocycles. The number of halogens is 5. The Morgan fingerprint density at radius 1 is 0.938 bits per heavy atom. The van der Waals surface area contributed by atoms with Crippen molar-refractivity contribution in [1.82, 2.24) is 0 Å². The lowest BCUT2D eigenvalue weighted by molar-refractivity contribution is 0.168. The third-order valence-corrected chi connectivity index (χ3v) is 1.86. The molecule has 1 aromatic rings. The second kappa shape index (κ2) is 4.45. The van der Waals surface area contributed by atoms with E-state index in [-0.39, 0.29) is 0 Å². The molecule has 0 spiro atoms. The second-order valence-electron chi connectivity index (χ2n) is 2.86. The summed E-state index contributed by atoms with van der Waals surface area (Å²) in [4.78, 5) is 0. The Labute approximate surface area is 86.5 Å². The van der Waals surface area contributed by atoms with E-state index in [2.05, 4.69) is 0 Å². The molecule has 2 nitrogen and oxygen atoms in total. The van der Waals surface area contributed by atoms with Crippen LogP contribution in [0.2, 0.25) is 0 Å². The molecule has 0 aromatic heterocycles. The van der Waals surface area contributed by atoms with Gasteiger partial charge in [-0.2, -0.15) is 5.26 Å². The van der Waals surface area contributed by atoms with E-state index in [1.54, 1.807) is 0 Å². The van der Waals surface area contributed by atoms with E-state index in [0.717, 1.165) is 0 Å². The first-order valence-electron chi connectivity index (χ1n) is 3.98. The smallest absolute Gasteiger partial charge is 0.200 e. The van der Waals surface area contributed by atoms with Crippen LogP contribution in [0.1, 0.15) is 18.1 Å². The molecule has 0 amide bonds. The highest BCUT2D eigenvalue weighted by atomic mass is 19.2. The quantitative estimate of drug-likeness (QED) is 0.487. The minimum atomic E-state index is -2.30. The largest absolute Gasteiger partial charge is 0.387 e. The van der Waals surface area contributed by atoms with Crippen LogP contribution in [0.5, 0.6) is 0 Å². The maximum Gasteiger partial charge on any atom is 0.200 e. The van der Waals surface area contributed by atoms with Gasteiger partial charge >= 0.3 is 0 Å². The summed E-state index contributed by atoms with van der Waals surface area (Å²) in [5.41, 5.74) is -1.39. The van der Waals surface area contributed by atoms with Crippen molar-refractivity contribution in [2.45, 2.75) is 12.5 Å². The second-order valence-corrected chi connectivity index (χ2v) is 2.86. The first-order valence-corrected chi connectivity index (χ1v) is 3.98. The van der Waals surface area contributed by atoms with E-state index in [1.807, 2.05) is 0 Å². The molecule has 0 bridgehead atoms. The summed E-state index contributed by atoms with van der Waals surface area (Å²) in [6.45, 7) is 0. The molecule has 1 atom stereocenters. The summed E-state index contributed by atoms with van der Waals surface area (Å²) in [6.07, 6.45) is -2.84. The van der Waals surface area contributed by atoms with Crippen molar-refractivity contribution in [3.63, 3.8) is 0 Å². The summed E-state index contributed by atoms with van der Waals surface area (Å²) < 4.78 is 63.8. The standard InChI is InChI=1S/C9H4F5NO/c10-5-4(3(16)1-2-15)6(11)8(13)9(14)7(5)12/h3,16H,1H2. The third kappa shape index (κ3) is 1.84. The van der Waals surface area contributed by atoms with Crippen LogP contribution in [-0.2, 0) is 0 Å². The number of aliphatic hydroxyl groups is 1. The normalized spacial score (nSPS) is 12.3. The molecule has 0 saturated carbocycles. The van der Waals surface area contributed by atoms with Gasteiger partial charge in [-0.15, -0.1) is 0 Å². The zero-order valence-corrected chi connectivity index (χ0v) is 7.57. The highest BCUT2D eigenvalue weighted by Gasteiger charge is 2.29. The predicted octanol–water partition coefficient (Wildman–Crippen LogP) is 2.33. The van der Waals surface area contributed by atoms with Gasteiger partial charge in [-0.1, -0.05) is 0 Å². The van der Waals surface area contributed by atoms with E-state index in [9.17, 15) is 22.0 Å². The van der Waals surface area contributed by atoms with Gasteiger partial charge in [0.05, 0.1) is 24.2 Å². The molecule has 0 aliphatic carbocycles. The topological polar surface area (TPSA) is 44.0 Å². The van der Waals surface area contributed by atoms with E-state index in [4.69, 9.17) is 10.4 Å². The monoisotopic (exact) mass is 237 g/mol. The number of aliphatic hydroxyl groups excluding tert-OH is 1. The highest BCUT2D eigenvalue weighted by Crippen LogP contribution is 2.28. The summed E-state index contributed by atoms with van der Waals surface area (Å²) >= 11 is 0. The molecule has 1 rings (SSSR count). The summed E-state index contributed by atoms with van der Waals surface area (Å²) in [5.74, 6) is -10.8. The lowest BCUT2D eigenvalue weighted by Gasteiger charge is -2.11. The Morgan fingerprint density at radius 3 is 1.69 bits per heavy atom. The van der Waals surface area contributed by atoms with Gasteiger partial charge in [0.25, 0.3) is 0 Å². The Hall–Kier alpha value is -1.68. The molecule has 1 N–H and O–H groups in total. The van der Waals surface area contributed by atoms with Crippen LogP contribution >= 0.6 is 0 Å². The van der Waals surface area contributed by atoms with Crippen molar-refractivity contribution in [3.8, 4) is 6.07 Å². The first-order chi connectivity index (χ1) is 7.41. The molecule has 0 aliphatic rings. The summed E-state index contributed by atoms with van der Waals surface area (Å²) in [6, 6.07) is 1.35. The van der Waals surface area contributed by atoms with Crippen molar-refractivity contribution in [2.24, 2.45) is 0 Å². The highest BCUT2D eigenvalue weighted by molar-refractivity contribution is 5.26. The van der Waals surface area contributed by atoms with Gasteiger partial charge in [0.2, 0.25) is 5.82 Å². The van der Waals surface area contributed by atoms with Crippen molar-refractivity contribution < 1.29 is 27.1 Å². The summed E-state index contributed by atoms with van der Waals surface area (Å²) in [7, 11) is 0. The lowest BCUT2D eigenvalue weighted by Crippen LogP contribution is -2.11. The van der Waals surface area contributed by atoms with E-state index in [1.165, 1.54) is 6.07 Å². The molecule has 1 unspecified atom stereocenters. The first kappa shape index (κ1) is 12.4. The van der Waals surface area contributed by atoms with Crippen LogP contribution in [0.15, 0.2) is 0 Å². The van der Waals surface area contributed by atoms with Crippen LogP contribution in [0.3, 0.4) is 0 Å². The van der Waals surface area contributed by atoms with Crippen LogP contribution < -0.4 is 0 Å². The van der Waals surface area contributed by atoms with Gasteiger partial charge in [-0.25, -0.2) is 22.0 Å². The number of nitriles is 1. The van der Waals surface area contributed by atoms with Crippen LogP contribution in [0, 0.1) is 40.4 Å². The van der Waals surface area contributed by atoms with Crippen LogP contribution in [-0.4, -0.2) is 5.11 Å². The Balaban J connectivity index is 3.46. The summed E-state index contributed by atoms with van der Waals surface area (Å²) in [5, 5.41) is 17.2. The Morgan fingerprint density at radius 2 is 1.31 bits per heavy atom. The predicted molar refractivity (Wildman–Crippen MR) is 41.4 cm³/mol. The van der Waals surface area contributed by atoms with Crippen molar-refractivity contribution >= 4 is 0 Å². The van der Waals surface area contributed by atoms with Gasteiger partial charge in [-0.05, 0) is 0 Å². The molecule has 0 radical (unpaired) electrons. The van der Waals surface area contributed by atoms with Crippen molar-refractivity contribution in [2.75, 3.05) is 0 Å².